The Morgan fingerprint density at radius 2 is 1.93 bits per heavy atom. The smallest absolute Gasteiger partial charge is 0.394 e. The normalized spacial score (nSPS) is 10.7. The number of hydrogen-bond acceptors (Lipinski definition) is 6. The van der Waals surface area contributed by atoms with E-state index >= 15 is 0 Å². The molecule has 0 unspecified atom stereocenters. The third-order valence-corrected chi connectivity index (χ3v) is 4.03. The van der Waals surface area contributed by atoms with Crippen LogP contribution in [-0.2, 0) is 24.8 Å². The van der Waals surface area contributed by atoms with Gasteiger partial charge < -0.3 is 14.6 Å². The van der Waals surface area contributed by atoms with Gasteiger partial charge in [-0.3, -0.25) is 14.8 Å². The van der Waals surface area contributed by atoms with Gasteiger partial charge in [-0.25, -0.2) is 14.8 Å². The van der Waals surface area contributed by atoms with Crippen molar-refractivity contribution in [3.63, 3.8) is 0 Å². The molecule has 3 rings (SSSR count). The number of fused-ring (bicyclic) bond motifs is 1. The van der Waals surface area contributed by atoms with Crippen LogP contribution in [0.25, 0.3) is 11.2 Å². The van der Waals surface area contributed by atoms with E-state index in [1.165, 1.54) is 22.8 Å². The number of benzene rings is 1. The van der Waals surface area contributed by atoms with Gasteiger partial charge in [0, 0.05) is 13.6 Å². The number of nitrogens with one attached hydrogen (secondary N) is 2. The fourth-order valence-electron chi connectivity index (χ4n) is 2.58. The summed E-state index contributed by atoms with van der Waals surface area (Å²) in [6.07, 6.45) is 2.70. The SMILES string of the molecule is Cc1ccc(CCNC(=O)OC(=N)Cn2cnc3ncn(C)c3c2=O)cc1. The molecule has 0 spiro atoms. The first kappa shape index (κ1) is 18.3. The lowest BCUT2D eigenvalue weighted by Crippen LogP contribution is -2.32. The predicted molar refractivity (Wildman–Crippen MR) is 99.9 cm³/mol. The minimum Gasteiger partial charge on any atom is -0.394 e. The zero-order chi connectivity index (χ0) is 19.4. The molecule has 140 valence electrons. The van der Waals surface area contributed by atoms with E-state index in [9.17, 15) is 9.59 Å². The number of carbonyl (C=O) groups is 1. The summed E-state index contributed by atoms with van der Waals surface area (Å²) in [6, 6.07) is 8.01. The van der Waals surface area contributed by atoms with E-state index in [2.05, 4.69) is 15.3 Å². The van der Waals surface area contributed by atoms with Crippen molar-refractivity contribution in [1.82, 2.24) is 24.4 Å². The molecule has 2 aromatic heterocycles. The average Bonchev–Trinajstić information content (AvgIpc) is 3.01. The number of rotatable bonds is 5. The van der Waals surface area contributed by atoms with Gasteiger partial charge >= 0.3 is 6.09 Å². The molecule has 3 aromatic rings. The predicted octanol–water partition coefficient (Wildman–Crippen LogP) is 1.38. The highest BCUT2D eigenvalue weighted by Gasteiger charge is 2.12. The molecule has 1 aromatic carbocycles. The fraction of sp³-hybridized carbons (Fsp3) is 0.278. The number of hydrogen-bond donors (Lipinski definition) is 2. The summed E-state index contributed by atoms with van der Waals surface area (Å²) in [5, 5.41) is 10.4. The molecular formula is C18H20N6O3. The van der Waals surface area contributed by atoms with E-state index in [1.807, 2.05) is 31.2 Å². The third kappa shape index (κ3) is 4.38. The van der Waals surface area contributed by atoms with Gasteiger partial charge in [-0.05, 0) is 18.9 Å². The molecule has 27 heavy (non-hydrogen) atoms. The minimum atomic E-state index is -0.727. The average molecular weight is 368 g/mol. The molecule has 0 saturated carbocycles. The Bertz CT molecular complexity index is 1040. The van der Waals surface area contributed by atoms with Crippen LogP contribution in [0, 0.1) is 12.3 Å². The number of nitrogens with zero attached hydrogens (tertiary/aromatic N) is 4. The first-order valence-electron chi connectivity index (χ1n) is 8.39. The fourth-order valence-corrected chi connectivity index (χ4v) is 2.58. The lowest BCUT2D eigenvalue weighted by Gasteiger charge is -2.09. The second-order valence-electron chi connectivity index (χ2n) is 6.18. The molecule has 0 aliphatic heterocycles. The van der Waals surface area contributed by atoms with E-state index in [0.29, 0.717) is 24.1 Å². The van der Waals surface area contributed by atoms with Crippen molar-refractivity contribution in [2.24, 2.45) is 7.05 Å². The van der Waals surface area contributed by atoms with Crippen molar-refractivity contribution < 1.29 is 9.53 Å². The largest absolute Gasteiger partial charge is 0.413 e. The number of ether oxygens (including phenoxy) is 1. The first-order chi connectivity index (χ1) is 12.9. The van der Waals surface area contributed by atoms with Gasteiger partial charge in [0.2, 0.25) is 5.90 Å². The van der Waals surface area contributed by atoms with E-state index < -0.39 is 6.09 Å². The molecule has 2 heterocycles. The Morgan fingerprint density at radius 1 is 1.22 bits per heavy atom. The standard InChI is InChI=1S/C18H20N6O3/c1-12-3-5-13(6-4-12)7-8-20-18(26)27-14(19)9-24-11-22-16-15(17(24)25)23(2)10-21-16/h3-6,10-11,19H,7-9H2,1-2H3,(H,20,26). The Hall–Kier alpha value is -3.49. The van der Waals surface area contributed by atoms with Crippen LogP contribution in [0.4, 0.5) is 4.79 Å². The van der Waals surface area contributed by atoms with Crippen molar-refractivity contribution in [3.8, 4) is 0 Å². The van der Waals surface area contributed by atoms with Crippen molar-refractivity contribution in [3.05, 3.63) is 58.4 Å². The van der Waals surface area contributed by atoms with Crippen molar-refractivity contribution in [1.29, 1.82) is 5.41 Å². The van der Waals surface area contributed by atoms with Crippen LogP contribution in [-0.4, -0.2) is 37.6 Å². The number of carbonyl (C=O) groups excluding carboxylic acids is 1. The van der Waals surface area contributed by atoms with Crippen LogP contribution in [0.2, 0.25) is 0 Å². The van der Waals surface area contributed by atoms with Gasteiger partial charge in [-0.2, -0.15) is 0 Å². The Balaban J connectivity index is 1.52. The molecule has 9 heteroatoms. The van der Waals surface area contributed by atoms with Crippen LogP contribution in [0.1, 0.15) is 11.1 Å². The summed E-state index contributed by atoms with van der Waals surface area (Å²) in [5.41, 5.74) is 2.58. The lowest BCUT2D eigenvalue weighted by molar-refractivity contribution is 0.195. The second-order valence-corrected chi connectivity index (χ2v) is 6.18. The lowest BCUT2D eigenvalue weighted by atomic mass is 10.1. The van der Waals surface area contributed by atoms with Crippen LogP contribution in [0.15, 0.2) is 41.7 Å². The number of amides is 1. The third-order valence-electron chi connectivity index (χ3n) is 4.03. The molecule has 0 radical (unpaired) electrons. The molecule has 0 aliphatic rings. The second kappa shape index (κ2) is 7.81. The highest BCUT2D eigenvalue weighted by atomic mass is 16.6. The molecule has 0 fully saturated rings. The van der Waals surface area contributed by atoms with Crippen LogP contribution >= 0.6 is 0 Å². The molecule has 2 N–H and O–H groups in total. The highest BCUT2D eigenvalue weighted by molar-refractivity contribution is 5.86. The maximum atomic E-state index is 12.4. The molecule has 0 saturated heterocycles. The maximum absolute atomic E-state index is 12.4. The van der Waals surface area contributed by atoms with Gasteiger partial charge in [0.05, 0.1) is 6.33 Å². The van der Waals surface area contributed by atoms with Gasteiger partial charge in [-0.1, -0.05) is 29.8 Å². The van der Waals surface area contributed by atoms with E-state index in [4.69, 9.17) is 10.1 Å². The Labute approximate surface area is 155 Å². The summed E-state index contributed by atoms with van der Waals surface area (Å²) in [5.74, 6) is -0.353. The van der Waals surface area contributed by atoms with Gasteiger partial charge in [-0.15, -0.1) is 0 Å². The molecule has 1 amide bonds. The summed E-state index contributed by atoms with van der Waals surface area (Å²) in [4.78, 5) is 32.3. The summed E-state index contributed by atoms with van der Waals surface area (Å²) in [7, 11) is 1.69. The molecule has 9 nitrogen and oxygen atoms in total. The van der Waals surface area contributed by atoms with Crippen molar-refractivity contribution in [2.75, 3.05) is 6.54 Å². The molecule has 0 bridgehead atoms. The molecule has 0 aliphatic carbocycles. The van der Waals surface area contributed by atoms with Crippen LogP contribution in [0.5, 0.6) is 0 Å². The zero-order valence-corrected chi connectivity index (χ0v) is 15.1. The van der Waals surface area contributed by atoms with Crippen molar-refractivity contribution >= 4 is 23.2 Å². The Kier molecular flexibility index (Phi) is 5.30. The highest BCUT2D eigenvalue weighted by Crippen LogP contribution is 2.04. The molecular weight excluding hydrogens is 348 g/mol. The maximum Gasteiger partial charge on any atom is 0.413 e. The summed E-state index contributed by atoms with van der Waals surface area (Å²) < 4.78 is 7.67. The Morgan fingerprint density at radius 3 is 2.67 bits per heavy atom. The van der Waals surface area contributed by atoms with E-state index in [0.717, 1.165) is 5.56 Å². The number of aryl methyl sites for hydroxylation is 2. The number of imidazole rings is 1. The van der Waals surface area contributed by atoms with Crippen LogP contribution < -0.4 is 10.9 Å². The van der Waals surface area contributed by atoms with Crippen molar-refractivity contribution in [2.45, 2.75) is 19.9 Å². The monoisotopic (exact) mass is 368 g/mol. The van der Waals surface area contributed by atoms with Gasteiger partial charge in [0.1, 0.15) is 12.9 Å². The summed E-state index contributed by atoms with van der Waals surface area (Å²) in [6.45, 7) is 2.20. The zero-order valence-electron chi connectivity index (χ0n) is 15.1. The number of aromatic nitrogens is 4. The quantitative estimate of drug-likeness (QED) is 0.522. The van der Waals surface area contributed by atoms with E-state index in [-0.39, 0.29) is 18.0 Å². The molecule has 0 atom stereocenters. The minimum absolute atomic E-state index is 0.196. The first-order valence-corrected chi connectivity index (χ1v) is 8.39. The summed E-state index contributed by atoms with van der Waals surface area (Å²) >= 11 is 0. The van der Waals surface area contributed by atoms with Gasteiger partial charge in [0.15, 0.2) is 11.2 Å². The topological polar surface area (TPSA) is 115 Å². The number of alkyl carbamates (subject to hydrolysis) is 1. The van der Waals surface area contributed by atoms with E-state index in [1.54, 1.807) is 11.6 Å². The van der Waals surface area contributed by atoms with Gasteiger partial charge in [0.25, 0.3) is 5.56 Å². The van der Waals surface area contributed by atoms with Crippen LogP contribution in [0.3, 0.4) is 0 Å².